The van der Waals surface area contributed by atoms with Crippen LogP contribution in [0.3, 0.4) is 0 Å². The summed E-state index contributed by atoms with van der Waals surface area (Å²) in [5.74, 6) is -0.131. The number of aromatic nitrogens is 1. The number of hydrogen-bond donors (Lipinski definition) is 1. The molecule has 1 fully saturated rings. The lowest BCUT2D eigenvalue weighted by atomic mass is 10.1. The fraction of sp³-hybridized carbons (Fsp3) is 0.400. The van der Waals surface area contributed by atoms with Gasteiger partial charge >= 0.3 is 0 Å². The summed E-state index contributed by atoms with van der Waals surface area (Å²) in [5, 5.41) is 3.14. The highest BCUT2D eigenvalue weighted by Gasteiger charge is 2.26. The van der Waals surface area contributed by atoms with Gasteiger partial charge in [0, 0.05) is 25.0 Å². The molecule has 0 spiro atoms. The second kappa shape index (κ2) is 9.25. The zero-order chi connectivity index (χ0) is 21.0. The van der Waals surface area contributed by atoms with Crippen molar-refractivity contribution in [2.45, 2.75) is 35.9 Å². The standard InChI is InChI=1S/C20H25N3O4S2/c1-14-4-6-18(15(2)12-14)22-20(24)16(3)28-19-7-5-17(13-21-19)29(25,26)23-8-10-27-11-9-23/h4-7,12-13,16H,8-11H2,1-3H3,(H,22,24). The maximum atomic E-state index is 12.6. The van der Waals surface area contributed by atoms with Gasteiger partial charge in [-0.2, -0.15) is 4.31 Å². The summed E-state index contributed by atoms with van der Waals surface area (Å²) >= 11 is 1.28. The van der Waals surface area contributed by atoms with E-state index in [1.807, 2.05) is 32.0 Å². The number of carbonyl (C=O) groups excluding carboxylic acids is 1. The van der Waals surface area contributed by atoms with Gasteiger partial charge in [-0.1, -0.05) is 29.5 Å². The van der Waals surface area contributed by atoms with Gasteiger partial charge in [0.15, 0.2) is 0 Å². The van der Waals surface area contributed by atoms with Crippen molar-refractivity contribution in [3.05, 3.63) is 47.7 Å². The van der Waals surface area contributed by atoms with Crippen LogP contribution in [0, 0.1) is 13.8 Å². The fourth-order valence-corrected chi connectivity index (χ4v) is 5.09. The van der Waals surface area contributed by atoms with Crippen LogP contribution >= 0.6 is 11.8 Å². The maximum absolute atomic E-state index is 12.6. The van der Waals surface area contributed by atoms with Crippen LogP contribution in [0.5, 0.6) is 0 Å². The number of benzene rings is 1. The van der Waals surface area contributed by atoms with E-state index in [1.54, 1.807) is 13.0 Å². The molecule has 0 aliphatic carbocycles. The molecule has 156 valence electrons. The molecule has 0 saturated carbocycles. The van der Waals surface area contributed by atoms with E-state index in [-0.39, 0.29) is 16.1 Å². The number of rotatable bonds is 6. The van der Waals surface area contributed by atoms with E-state index in [0.717, 1.165) is 16.8 Å². The molecule has 1 aliphatic rings. The zero-order valence-corrected chi connectivity index (χ0v) is 18.3. The summed E-state index contributed by atoms with van der Waals surface area (Å²) in [5.41, 5.74) is 2.93. The van der Waals surface area contributed by atoms with Gasteiger partial charge in [-0.15, -0.1) is 0 Å². The number of nitrogens with zero attached hydrogens (tertiary/aromatic N) is 2. The van der Waals surface area contributed by atoms with Crippen molar-refractivity contribution in [1.29, 1.82) is 0 Å². The van der Waals surface area contributed by atoms with Gasteiger partial charge in [0.05, 0.1) is 23.5 Å². The number of ether oxygens (including phenoxy) is 1. The Balaban J connectivity index is 1.63. The van der Waals surface area contributed by atoms with Crippen LogP contribution in [0.15, 0.2) is 46.5 Å². The van der Waals surface area contributed by atoms with Gasteiger partial charge in [0.25, 0.3) is 0 Å². The average molecular weight is 436 g/mol. The van der Waals surface area contributed by atoms with Gasteiger partial charge in [-0.3, -0.25) is 4.79 Å². The van der Waals surface area contributed by atoms with Crippen molar-refractivity contribution in [3.8, 4) is 0 Å². The molecule has 1 aliphatic heterocycles. The van der Waals surface area contributed by atoms with E-state index in [1.165, 1.54) is 28.3 Å². The summed E-state index contributed by atoms with van der Waals surface area (Å²) in [6.45, 7) is 7.23. The van der Waals surface area contributed by atoms with Crippen LogP contribution in [-0.2, 0) is 19.6 Å². The van der Waals surface area contributed by atoms with Gasteiger partial charge in [0.2, 0.25) is 15.9 Å². The Morgan fingerprint density at radius 2 is 1.93 bits per heavy atom. The zero-order valence-electron chi connectivity index (χ0n) is 16.7. The molecule has 1 atom stereocenters. The Labute approximate surface area is 175 Å². The minimum absolute atomic E-state index is 0.131. The molecule has 1 unspecified atom stereocenters. The first kappa shape index (κ1) is 21.8. The van der Waals surface area contributed by atoms with Crippen molar-refractivity contribution in [3.63, 3.8) is 0 Å². The normalized spacial score (nSPS) is 16.4. The molecule has 1 N–H and O–H groups in total. The molecule has 2 heterocycles. The number of thioether (sulfide) groups is 1. The SMILES string of the molecule is Cc1ccc(NC(=O)C(C)Sc2ccc(S(=O)(=O)N3CCOCC3)cn2)c(C)c1. The number of carbonyl (C=O) groups is 1. The summed E-state index contributed by atoms with van der Waals surface area (Å²) in [6, 6.07) is 9.04. The number of pyridine rings is 1. The third-order valence-electron chi connectivity index (χ3n) is 4.62. The maximum Gasteiger partial charge on any atom is 0.244 e. The summed E-state index contributed by atoms with van der Waals surface area (Å²) in [7, 11) is -3.57. The van der Waals surface area contributed by atoms with Gasteiger partial charge in [-0.05, 0) is 44.5 Å². The monoisotopic (exact) mass is 435 g/mol. The second-order valence-corrected chi connectivity index (χ2v) is 10.2. The quantitative estimate of drug-likeness (QED) is 0.702. The third kappa shape index (κ3) is 5.36. The Morgan fingerprint density at radius 3 is 2.55 bits per heavy atom. The molecule has 1 aromatic carbocycles. The topological polar surface area (TPSA) is 88.6 Å². The second-order valence-electron chi connectivity index (χ2n) is 6.92. The lowest BCUT2D eigenvalue weighted by molar-refractivity contribution is -0.115. The first-order chi connectivity index (χ1) is 13.8. The van der Waals surface area contributed by atoms with Crippen LogP contribution in [0.2, 0.25) is 0 Å². The first-order valence-electron chi connectivity index (χ1n) is 9.36. The fourth-order valence-electron chi connectivity index (χ4n) is 2.95. The van der Waals surface area contributed by atoms with E-state index >= 15 is 0 Å². The number of morpholine rings is 1. The van der Waals surface area contributed by atoms with E-state index in [4.69, 9.17) is 4.74 Å². The van der Waals surface area contributed by atoms with Crippen LogP contribution in [0.4, 0.5) is 5.69 Å². The minimum Gasteiger partial charge on any atom is -0.379 e. The number of sulfonamides is 1. The van der Waals surface area contributed by atoms with Crippen molar-refractivity contribution < 1.29 is 17.9 Å². The smallest absolute Gasteiger partial charge is 0.244 e. The number of nitrogens with one attached hydrogen (secondary N) is 1. The molecule has 0 radical (unpaired) electrons. The molecule has 29 heavy (non-hydrogen) atoms. The molecule has 1 aromatic heterocycles. The predicted octanol–water partition coefficient (Wildman–Crippen LogP) is 2.84. The molecule has 9 heteroatoms. The Hall–Kier alpha value is -1.94. The molecule has 1 amide bonds. The third-order valence-corrected chi connectivity index (χ3v) is 7.56. The van der Waals surface area contributed by atoms with Crippen LogP contribution in [0.25, 0.3) is 0 Å². The molecule has 1 saturated heterocycles. The van der Waals surface area contributed by atoms with E-state index in [9.17, 15) is 13.2 Å². The lowest BCUT2D eigenvalue weighted by Crippen LogP contribution is -2.40. The minimum atomic E-state index is -3.57. The van der Waals surface area contributed by atoms with Crippen molar-refractivity contribution in [2.75, 3.05) is 31.6 Å². The average Bonchev–Trinajstić information content (AvgIpc) is 2.71. The largest absolute Gasteiger partial charge is 0.379 e. The van der Waals surface area contributed by atoms with Crippen LogP contribution in [0.1, 0.15) is 18.1 Å². The summed E-state index contributed by atoms with van der Waals surface area (Å²) < 4.78 is 31.9. The van der Waals surface area contributed by atoms with E-state index in [2.05, 4.69) is 10.3 Å². The van der Waals surface area contributed by atoms with Gasteiger partial charge in [-0.25, -0.2) is 13.4 Å². The highest BCUT2D eigenvalue weighted by Crippen LogP contribution is 2.25. The lowest BCUT2D eigenvalue weighted by Gasteiger charge is -2.25. The number of aryl methyl sites for hydroxylation is 2. The molecule has 7 nitrogen and oxygen atoms in total. The van der Waals surface area contributed by atoms with Crippen molar-refractivity contribution >= 4 is 33.4 Å². The predicted molar refractivity (Wildman–Crippen MR) is 114 cm³/mol. The number of amides is 1. The molecule has 3 rings (SSSR count). The van der Waals surface area contributed by atoms with Gasteiger partial charge in [0.1, 0.15) is 4.90 Å². The number of hydrogen-bond acceptors (Lipinski definition) is 6. The molecule has 0 bridgehead atoms. The Morgan fingerprint density at radius 1 is 1.21 bits per heavy atom. The van der Waals surface area contributed by atoms with Gasteiger partial charge < -0.3 is 10.1 Å². The number of anilines is 1. The highest BCUT2D eigenvalue weighted by atomic mass is 32.2. The highest BCUT2D eigenvalue weighted by molar-refractivity contribution is 8.00. The van der Waals surface area contributed by atoms with Crippen molar-refractivity contribution in [1.82, 2.24) is 9.29 Å². The van der Waals surface area contributed by atoms with E-state index in [0.29, 0.717) is 31.3 Å². The molecular formula is C20H25N3O4S2. The van der Waals surface area contributed by atoms with E-state index < -0.39 is 10.0 Å². The summed E-state index contributed by atoms with van der Waals surface area (Å²) in [4.78, 5) is 16.9. The molecular weight excluding hydrogens is 410 g/mol. The van der Waals surface area contributed by atoms with Crippen LogP contribution in [-0.4, -0.2) is 55.2 Å². The molecule has 2 aromatic rings. The Bertz CT molecular complexity index is 972. The Kier molecular flexibility index (Phi) is 6.94. The van der Waals surface area contributed by atoms with Crippen molar-refractivity contribution in [2.24, 2.45) is 0 Å². The summed E-state index contributed by atoms with van der Waals surface area (Å²) in [6.07, 6.45) is 1.35. The first-order valence-corrected chi connectivity index (χ1v) is 11.7. The van der Waals surface area contributed by atoms with Crippen LogP contribution < -0.4 is 5.32 Å².